The van der Waals surface area contributed by atoms with E-state index in [9.17, 15) is 4.79 Å². The second-order valence-corrected chi connectivity index (χ2v) is 6.40. The molecule has 24 heavy (non-hydrogen) atoms. The molecular formula is C21H25NO2. The van der Waals surface area contributed by atoms with E-state index in [4.69, 9.17) is 4.74 Å². The molecular weight excluding hydrogens is 298 g/mol. The van der Waals surface area contributed by atoms with Crippen LogP contribution in [0.25, 0.3) is 11.1 Å². The fraction of sp³-hybridized carbons (Fsp3) is 0.381. The first-order valence-corrected chi connectivity index (χ1v) is 8.84. The van der Waals surface area contributed by atoms with Gasteiger partial charge in [-0.2, -0.15) is 0 Å². The topological polar surface area (TPSA) is 38.3 Å². The SMILES string of the molecule is CCCc1ccc(-c2ccc(NC(=O)C3CCOCC3)cc2)cc1. The molecule has 1 aliphatic heterocycles. The minimum atomic E-state index is 0.0736. The zero-order chi connectivity index (χ0) is 16.8. The Balaban J connectivity index is 1.63. The minimum Gasteiger partial charge on any atom is -0.381 e. The first-order valence-electron chi connectivity index (χ1n) is 8.84. The van der Waals surface area contributed by atoms with Gasteiger partial charge in [0.25, 0.3) is 0 Å². The smallest absolute Gasteiger partial charge is 0.227 e. The number of amides is 1. The summed E-state index contributed by atoms with van der Waals surface area (Å²) in [6.45, 7) is 3.57. The Labute approximate surface area is 144 Å². The fourth-order valence-electron chi connectivity index (χ4n) is 3.10. The van der Waals surface area contributed by atoms with Gasteiger partial charge in [-0.1, -0.05) is 49.7 Å². The largest absolute Gasteiger partial charge is 0.381 e. The van der Waals surface area contributed by atoms with Crippen molar-refractivity contribution in [1.82, 2.24) is 0 Å². The highest BCUT2D eigenvalue weighted by Crippen LogP contribution is 2.23. The maximum atomic E-state index is 12.3. The van der Waals surface area contributed by atoms with Crippen molar-refractivity contribution in [2.45, 2.75) is 32.6 Å². The highest BCUT2D eigenvalue weighted by molar-refractivity contribution is 5.92. The van der Waals surface area contributed by atoms with Crippen LogP contribution in [-0.2, 0) is 16.0 Å². The van der Waals surface area contributed by atoms with E-state index in [0.29, 0.717) is 13.2 Å². The van der Waals surface area contributed by atoms with E-state index < -0.39 is 0 Å². The third-order valence-corrected chi connectivity index (χ3v) is 4.57. The molecule has 2 aromatic rings. The molecule has 126 valence electrons. The Bertz CT molecular complexity index is 655. The maximum Gasteiger partial charge on any atom is 0.227 e. The normalized spacial score (nSPS) is 15.2. The van der Waals surface area contributed by atoms with Crippen LogP contribution in [0.5, 0.6) is 0 Å². The zero-order valence-electron chi connectivity index (χ0n) is 14.3. The Morgan fingerprint density at radius 2 is 1.58 bits per heavy atom. The van der Waals surface area contributed by atoms with Gasteiger partial charge in [-0.15, -0.1) is 0 Å². The van der Waals surface area contributed by atoms with Crippen molar-refractivity contribution in [1.29, 1.82) is 0 Å². The number of carbonyl (C=O) groups is 1. The Hall–Kier alpha value is -2.13. The van der Waals surface area contributed by atoms with Crippen molar-refractivity contribution < 1.29 is 9.53 Å². The van der Waals surface area contributed by atoms with Gasteiger partial charge in [-0.3, -0.25) is 4.79 Å². The molecule has 1 N–H and O–H groups in total. The number of carbonyl (C=O) groups excluding carboxylic acids is 1. The number of benzene rings is 2. The molecule has 0 atom stereocenters. The van der Waals surface area contributed by atoms with E-state index in [2.05, 4.69) is 48.6 Å². The van der Waals surface area contributed by atoms with Gasteiger partial charge in [0.2, 0.25) is 5.91 Å². The van der Waals surface area contributed by atoms with Gasteiger partial charge >= 0.3 is 0 Å². The van der Waals surface area contributed by atoms with E-state index in [-0.39, 0.29) is 11.8 Å². The number of ether oxygens (including phenoxy) is 1. The van der Waals surface area contributed by atoms with Gasteiger partial charge in [-0.05, 0) is 48.1 Å². The molecule has 3 heteroatoms. The number of nitrogens with one attached hydrogen (secondary N) is 1. The van der Waals surface area contributed by atoms with Gasteiger partial charge in [0.15, 0.2) is 0 Å². The molecule has 1 aliphatic rings. The first-order chi connectivity index (χ1) is 11.8. The fourth-order valence-corrected chi connectivity index (χ4v) is 3.10. The van der Waals surface area contributed by atoms with E-state index in [1.807, 2.05) is 12.1 Å². The molecule has 3 nitrogen and oxygen atoms in total. The van der Waals surface area contributed by atoms with Crippen LogP contribution < -0.4 is 5.32 Å². The third-order valence-electron chi connectivity index (χ3n) is 4.57. The second kappa shape index (κ2) is 8.11. The van der Waals surface area contributed by atoms with Crippen LogP contribution in [0, 0.1) is 5.92 Å². The Morgan fingerprint density at radius 3 is 2.17 bits per heavy atom. The highest BCUT2D eigenvalue weighted by atomic mass is 16.5. The summed E-state index contributed by atoms with van der Waals surface area (Å²) in [4.78, 5) is 12.3. The minimum absolute atomic E-state index is 0.0736. The van der Waals surface area contributed by atoms with Crippen molar-refractivity contribution in [2.75, 3.05) is 18.5 Å². The van der Waals surface area contributed by atoms with Crippen LogP contribution in [0.15, 0.2) is 48.5 Å². The van der Waals surface area contributed by atoms with Gasteiger partial charge < -0.3 is 10.1 Å². The molecule has 3 rings (SSSR count). The monoisotopic (exact) mass is 323 g/mol. The average molecular weight is 323 g/mol. The average Bonchev–Trinajstić information content (AvgIpc) is 2.64. The lowest BCUT2D eigenvalue weighted by molar-refractivity contribution is -0.122. The quantitative estimate of drug-likeness (QED) is 0.868. The number of rotatable bonds is 5. The van der Waals surface area contributed by atoms with Crippen molar-refractivity contribution in [2.24, 2.45) is 5.92 Å². The number of hydrogen-bond acceptors (Lipinski definition) is 2. The zero-order valence-corrected chi connectivity index (χ0v) is 14.3. The molecule has 0 spiro atoms. The van der Waals surface area contributed by atoms with Gasteiger partial charge in [0, 0.05) is 24.8 Å². The van der Waals surface area contributed by atoms with Crippen LogP contribution in [-0.4, -0.2) is 19.1 Å². The van der Waals surface area contributed by atoms with Gasteiger partial charge in [-0.25, -0.2) is 0 Å². The summed E-state index contributed by atoms with van der Waals surface area (Å²) >= 11 is 0. The van der Waals surface area contributed by atoms with Crippen molar-refractivity contribution in [3.63, 3.8) is 0 Å². The molecule has 0 bridgehead atoms. The van der Waals surface area contributed by atoms with E-state index >= 15 is 0 Å². The van der Waals surface area contributed by atoms with E-state index in [1.54, 1.807) is 0 Å². The molecule has 0 saturated carbocycles. The number of anilines is 1. The third kappa shape index (κ3) is 4.24. The summed E-state index contributed by atoms with van der Waals surface area (Å²) in [6.07, 6.45) is 3.92. The van der Waals surface area contributed by atoms with Crippen molar-refractivity contribution in [3.05, 3.63) is 54.1 Å². The lowest BCUT2D eigenvalue weighted by Crippen LogP contribution is -2.28. The van der Waals surface area contributed by atoms with Crippen LogP contribution in [0.1, 0.15) is 31.7 Å². The molecule has 0 aromatic heterocycles. The summed E-state index contributed by atoms with van der Waals surface area (Å²) in [5.41, 5.74) is 4.61. The summed E-state index contributed by atoms with van der Waals surface area (Å²) in [5.74, 6) is 0.180. The van der Waals surface area contributed by atoms with Gasteiger partial charge in [0.1, 0.15) is 0 Å². The van der Waals surface area contributed by atoms with Crippen LogP contribution in [0.3, 0.4) is 0 Å². The molecule has 1 fully saturated rings. The molecule has 0 unspecified atom stereocenters. The van der Waals surface area contributed by atoms with Crippen LogP contribution in [0.2, 0.25) is 0 Å². The molecule has 2 aromatic carbocycles. The van der Waals surface area contributed by atoms with Crippen molar-refractivity contribution >= 4 is 11.6 Å². The molecule has 1 heterocycles. The standard InChI is InChI=1S/C21H25NO2/c1-2-3-16-4-6-17(7-5-16)18-8-10-20(11-9-18)22-21(23)19-12-14-24-15-13-19/h4-11,19H,2-3,12-15H2,1H3,(H,22,23). The van der Waals surface area contributed by atoms with Crippen LogP contribution in [0.4, 0.5) is 5.69 Å². The lowest BCUT2D eigenvalue weighted by Gasteiger charge is -2.21. The lowest BCUT2D eigenvalue weighted by atomic mass is 9.99. The summed E-state index contributed by atoms with van der Waals surface area (Å²) in [6, 6.07) is 16.8. The summed E-state index contributed by atoms with van der Waals surface area (Å²) < 4.78 is 5.31. The van der Waals surface area contributed by atoms with E-state index in [1.165, 1.54) is 23.1 Å². The summed E-state index contributed by atoms with van der Waals surface area (Å²) in [7, 11) is 0. The first kappa shape index (κ1) is 16.7. The molecule has 0 radical (unpaired) electrons. The highest BCUT2D eigenvalue weighted by Gasteiger charge is 2.21. The van der Waals surface area contributed by atoms with E-state index in [0.717, 1.165) is 24.9 Å². The predicted octanol–water partition coefficient (Wildman–Crippen LogP) is 4.67. The Morgan fingerprint density at radius 1 is 1.00 bits per heavy atom. The summed E-state index contributed by atoms with van der Waals surface area (Å²) in [5, 5.41) is 3.02. The van der Waals surface area contributed by atoms with Gasteiger partial charge in [0.05, 0.1) is 0 Å². The Kier molecular flexibility index (Phi) is 5.65. The molecule has 1 amide bonds. The van der Waals surface area contributed by atoms with Crippen LogP contribution >= 0.6 is 0 Å². The number of aryl methyl sites for hydroxylation is 1. The number of hydrogen-bond donors (Lipinski definition) is 1. The molecule has 0 aliphatic carbocycles. The second-order valence-electron chi connectivity index (χ2n) is 6.40. The predicted molar refractivity (Wildman–Crippen MR) is 98.0 cm³/mol. The molecule has 1 saturated heterocycles. The maximum absolute atomic E-state index is 12.3. The van der Waals surface area contributed by atoms with Crippen molar-refractivity contribution in [3.8, 4) is 11.1 Å².